The third-order valence-electron chi connectivity index (χ3n) is 4.93. The summed E-state index contributed by atoms with van der Waals surface area (Å²) in [5.74, 6) is -0.497. The van der Waals surface area contributed by atoms with E-state index < -0.39 is 15.9 Å². The SMILES string of the molecule is O=C(CN(C1CCCCC1)S(=O)(=O)c1ccc(Cl)cc1)Nc1c(Cl)cccc1Cl. The number of nitrogens with zero attached hydrogens (tertiary/aromatic N) is 1. The Bertz CT molecular complexity index is 955. The predicted octanol–water partition coefficient (Wildman–Crippen LogP) is 5.61. The van der Waals surface area contributed by atoms with Gasteiger partial charge in [0.15, 0.2) is 0 Å². The van der Waals surface area contributed by atoms with Gasteiger partial charge in [0.25, 0.3) is 0 Å². The summed E-state index contributed by atoms with van der Waals surface area (Å²) in [4.78, 5) is 12.9. The zero-order valence-electron chi connectivity index (χ0n) is 15.6. The molecule has 3 rings (SSSR count). The van der Waals surface area contributed by atoms with Gasteiger partial charge in [0, 0.05) is 11.1 Å². The first kappa shape index (κ1) is 22.4. The Morgan fingerprint density at radius 1 is 0.966 bits per heavy atom. The maximum Gasteiger partial charge on any atom is 0.243 e. The minimum atomic E-state index is -3.88. The highest BCUT2D eigenvalue weighted by Crippen LogP contribution is 2.31. The Balaban J connectivity index is 1.87. The van der Waals surface area contributed by atoms with Crippen molar-refractivity contribution < 1.29 is 13.2 Å². The van der Waals surface area contributed by atoms with Gasteiger partial charge in [-0.05, 0) is 49.2 Å². The second kappa shape index (κ2) is 9.67. The number of halogens is 3. The van der Waals surface area contributed by atoms with E-state index in [2.05, 4.69) is 5.32 Å². The molecule has 1 saturated carbocycles. The summed E-state index contributed by atoms with van der Waals surface area (Å²) in [5, 5.41) is 3.67. The zero-order chi connectivity index (χ0) is 21.0. The van der Waals surface area contributed by atoms with E-state index in [1.165, 1.54) is 28.6 Å². The molecule has 0 saturated heterocycles. The number of carbonyl (C=O) groups excluding carboxylic acids is 1. The van der Waals surface area contributed by atoms with Crippen LogP contribution in [0.3, 0.4) is 0 Å². The Hall–Kier alpha value is -1.31. The second-order valence-electron chi connectivity index (χ2n) is 6.94. The van der Waals surface area contributed by atoms with E-state index >= 15 is 0 Å². The van der Waals surface area contributed by atoms with Gasteiger partial charge in [0.1, 0.15) is 0 Å². The molecule has 0 aliphatic heterocycles. The molecule has 1 fully saturated rings. The molecule has 2 aromatic carbocycles. The van der Waals surface area contributed by atoms with Crippen molar-refractivity contribution in [3.63, 3.8) is 0 Å². The molecule has 0 spiro atoms. The average molecular weight is 476 g/mol. The molecule has 1 N–H and O–H groups in total. The molecule has 0 atom stereocenters. The average Bonchev–Trinajstić information content (AvgIpc) is 2.70. The van der Waals surface area contributed by atoms with E-state index in [0.29, 0.717) is 17.9 Å². The topological polar surface area (TPSA) is 66.5 Å². The molecule has 1 amide bonds. The monoisotopic (exact) mass is 474 g/mol. The number of amides is 1. The molecular weight excluding hydrogens is 455 g/mol. The summed E-state index contributed by atoms with van der Waals surface area (Å²) < 4.78 is 27.9. The number of rotatable bonds is 6. The quantitative estimate of drug-likeness (QED) is 0.590. The number of carbonyl (C=O) groups is 1. The van der Waals surface area contributed by atoms with E-state index in [1.54, 1.807) is 18.2 Å². The van der Waals surface area contributed by atoms with Crippen molar-refractivity contribution in [1.29, 1.82) is 0 Å². The maximum absolute atomic E-state index is 13.3. The Morgan fingerprint density at radius 3 is 2.14 bits per heavy atom. The van der Waals surface area contributed by atoms with Crippen LogP contribution in [0.2, 0.25) is 15.1 Å². The summed E-state index contributed by atoms with van der Waals surface area (Å²) in [6.07, 6.45) is 4.34. The standard InChI is InChI=1S/C20H21Cl3N2O3S/c21-14-9-11-16(12-10-14)29(27,28)25(15-5-2-1-3-6-15)13-19(26)24-20-17(22)7-4-8-18(20)23/h4,7-12,15H,1-3,5-6,13H2,(H,24,26). The van der Waals surface area contributed by atoms with E-state index in [4.69, 9.17) is 34.8 Å². The highest BCUT2D eigenvalue weighted by atomic mass is 35.5. The summed E-state index contributed by atoms with van der Waals surface area (Å²) in [6, 6.07) is 10.6. The third kappa shape index (κ3) is 5.44. The first-order chi connectivity index (χ1) is 13.8. The van der Waals surface area contributed by atoms with Crippen LogP contribution in [0.25, 0.3) is 0 Å². The van der Waals surface area contributed by atoms with Crippen LogP contribution in [0.4, 0.5) is 5.69 Å². The lowest BCUT2D eigenvalue weighted by molar-refractivity contribution is -0.116. The Morgan fingerprint density at radius 2 is 1.55 bits per heavy atom. The molecule has 0 unspecified atom stereocenters. The lowest BCUT2D eigenvalue weighted by Crippen LogP contribution is -2.45. The van der Waals surface area contributed by atoms with Crippen molar-refractivity contribution in [2.45, 2.75) is 43.0 Å². The highest BCUT2D eigenvalue weighted by Gasteiger charge is 2.34. The van der Waals surface area contributed by atoms with Crippen molar-refractivity contribution in [1.82, 2.24) is 4.31 Å². The fourth-order valence-corrected chi connectivity index (χ4v) is 5.72. The first-order valence-electron chi connectivity index (χ1n) is 9.30. The number of para-hydroxylation sites is 1. The summed E-state index contributed by atoms with van der Waals surface area (Å²) in [6.45, 7) is -0.322. The van der Waals surface area contributed by atoms with Crippen LogP contribution in [0.15, 0.2) is 47.4 Å². The van der Waals surface area contributed by atoms with Crippen molar-refractivity contribution in [3.8, 4) is 0 Å². The Kier molecular flexibility index (Phi) is 7.46. The number of anilines is 1. The van der Waals surface area contributed by atoms with Gasteiger partial charge >= 0.3 is 0 Å². The molecule has 1 aliphatic rings. The number of sulfonamides is 1. The number of hydrogen-bond donors (Lipinski definition) is 1. The fraction of sp³-hybridized carbons (Fsp3) is 0.350. The number of benzene rings is 2. The second-order valence-corrected chi connectivity index (χ2v) is 10.1. The molecule has 1 aliphatic carbocycles. The molecule has 2 aromatic rings. The molecule has 0 bridgehead atoms. The van der Waals surface area contributed by atoms with Crippen LogP contribution >= 0.6 is 34.8 Å². The minimum Gasteiger partial charge on any atom is -0.322 e. The van der Waals surface area contributed by atoms with Gasteiger partial charge < -0.3 is 5.32 Å². The smallest absolute Gasteiger partial charge is 0.243 e. The molecule has 29 heavy (non-hydrogen) atoms. The first-order valence-corrected chi connectivity index (χ1v) is 11.9. The van der Waals surface area contributed by atoms with Gasteiger partial charge in [-0.1, -0.05) is 60.1 Å². The van der Waals surface area contributed by atoms with Crippen molar-refractivity contribution in [2.24, 2.45) is 0 Å². The van der Waals surface area contributed by atoms with Gasteiger partial charge in [-0.2, -0.15) is 4.31 Å². The molecular formula is C20H21Cl3N2O3S. The molecule has 9 heteroatoms. The fourth-order valence-electron chi connectivity index (χ4n) is 3.46. The van der Waals surface area contributed by atoms with Crippen LogP contribution in [0.5, 0.6) is 0 Å². The Labute approximate surface area is 186 Å². The van der Waals surface area contributed by atoms with E-state index in [9.17, 15) is 13.2 Å². The van der Waals surface area contributed by atoms with E-state index in [1.807, 2.05) is 0 Å². The lowest BCUT2D eigenvalue weighted by atomic mass is 9.95. The van der Waals surface area contributed by atoms with E-state index in [0.717, 1.165) is 19.3 Å². The summed E-state index contributed by atoms with van der Waals surface area (Å²) >= 11 is 18.1. The summed E-state index contributed by atoms with van der Waals surface area (Å²) in [5.41, 5.74) is 0.272. The number of hydrogen-bond acceptors (Lipinski definition) is 3. The van der Waals surface area contributed by atoms with Crippen LogP contribution < -0.4 is 5.32 Å². The van der Waals surface area contributed by atoms with Gasteiger partial charge in [-0.25, -0.2) is 8.42 Å². The molecule has 0 heterocycles. The van der Waals surface area contributed by atoms with Gasteiger partial charge in [0.05, 0.1) is 27.2 Å². The highest BCUT2D eigenvalue weighted by molar-refractivity contribution is 7.89. The minimum absolute atomic E-state index is 0.107. The van der Waals surface area contributed by atoms with Crippen molar-refractivity contribution in [2.75, 3.05) is 11.9 Å². The lowest BCUT2D eigenvalue weighted by Gasteiger charge is -2.33. The maximum atomic E-state index is 13.3. The van der Waals surface area contributed by atoms with Gasteiger partial charge in [0.2, 0.25) is 15.9 Å². The molecule has 156 valence electrons. The summed E-state index contributed by atoms with van der Waals surface area (Å²) in [7, 11) is -3.88. The zero-order valence-corrected chi connectivity index (χ0v) is 18.7. The van der Waals surface area contributed by atoms with Crippen LogP contribution in [0.1, 0.15) is 32.1 Å². The number of nitrogens with one attached hydrogen (secondary N) is 1. The van der Waals surface area contributed by atoms with Gasteiger partial charge in [-0.15, -0.1) is 0 Å². The predicted molar refractivity (Wildman–Crippen MR) is 117 cm³/mol. The molecule has 5 nitrogen and oxygen atoms in total. The largest absolute Gasteiger partial charge is 0.322 e. The van der Waals surface area contributed by atoms with Crippen molar-refractivity contribution in [3.05, 3.63) is 57.5 Å². The van der Waals surface area contributed by atoms with Crippen LogP contribution in [0, 0.1) is 0 Å². The normalized spacial score (nSPS) is 15.4. The van der Waals surface area contributed by atoms with Crippen molar-refractivity contribution >= 4 is 56.4 Å². The van der Waals surface area contributed by atoms with E-state index in [-0.39, 0.29) is 33.2 Å². The van der Waals surface area contributed by atoms with Gasteiger partial charge in [-0.3, -0.25) is 4.79 Å². The van der Waals surface area contributed by atoms with Crippen LogP contribution in [-0.2, 0) is 14.8 Å². The van der Waals surface area contributed by atoms with Crippen LogP contribution in [-0.4, -0.2) is 31.2 Å². The molecule has 0 radical (unpaired) electrons. The third-order valence-corrected chi connectivity index (χ3v) is 7.72. The molecule has 0 aromatic heterocycles.